The summed E-state index contributed by atoms with van der Waals surface area (Å²) in [5.41, 5.74) is 0.949. The molecule has 0 saturated carbocycles. The van der Waals surface area contributed by atoms with Crippen LogP contribution in [-0.2, 0) is 4.74 Å². The second-order valence-corrected chi connectivity index (χ2v) is 5.53. The Morgan fingerprint density at radius 3 is 2.76 bits per heavy atom. The second kappa shape index (κ2) is 5.87. The first-order valence-electron chi connectivity index (χ1n) is 7.67. The van der Waals surface area contributed by atoms with Crippen LogP contribution >= 0.6 is 0 Å². The molecule has 0 spiro atoms. The van der Waals surface area contributed by atoms with Crippen molar-refractivity contribution < 1.29 is 13.9 Å². The number of rotatable bonds is 2. The quantitative estimate of drug-likeness (QED) is 0.413. The van der Waals surface area contributed by atoms with E-state index >= 15 is 0 Å². The van der Waals surface area contributed by atoms with Gasteiger partial charge < -0.3 is 9.15 Å². The van der Waals surface area contributed by atoms with Crippen LogP contribution in [0.15, 0.2) is 70.2 Å². The summed E-state index contributed by atoms with van der Waals surface area (Å²) in [5.74, 6) is -0.555. The fourth-order valence-corrected chi connectivity index (χ4v) is 2.95. The van der Waals surface area contributed by atoms with E-state index in [1.165, 1.54) is 19.6 Å². The van der Waals surface area contributed by atoms with Gasteiger partial charge in [0.25, 0.3) is 0 Å². The van der Waals surface area contributed by atoms with Crippen molar-refractivity contribution >= 4 is 27.7 Å². The lowest BCUT2D eigenvalue weighted by Gasteiger charge is -2.08. The van der Waals surface area contributed by atoms with Gasteiger partial charge in [-0.25, -0.2) is 4.79 Å². The SMILES string of the molecule is COC(=O)c1cccnc1-c1coc2ccc3ccccc3c2c1=O. The zero-order valence-electron chi connectivity index (χ0n) is 13.4. The van der Waals surface area contributed by atoms with Crippen LogP contribution < -0.4 is 5.43 Å². The lowest BCUT2D eigenvalue weighted by molar-refractivity contribution is 0.0601. The Hall–Kier alpha value is -3.47. The van der Waals surface area contributed by atoms with Gasteiger partial charge in [-0.15, -0.1) is 0 Å². The highest BCUT2D eigenvalue weighted by Gasteiger charge is 2.19. The smallest absolute Gasteiger partial charge is 0.340 e. The van der Waals surface area contributed by atoms with Crippen molar-refractivity contribution in [3.63, 3.8) is 0 Å². The van der Waals surface area contributed by atoms with E-state index in [1.54, 1.807) is 18.2 Å². The number of benzene rings is 2. The summed E-state index contributed by atoms with van der Waals surface area (Å²) >= 11 is 0. The van der Waals surface area contributed by atoms with Gasteiger partial charge in [0, 0.05) is 6.20 Å². The third kappa shape index (κ3) is 2.37. The van der Waals surface area contributed by atoms with Gasteiger partial charge in [0.05, 0.1) is 29.3 Å². The molecule has 0 saturated heterocycles. The summed E-state index contributed by atoms with van der Waals surface area (Å²) < 4.78 is 10.4. The lowest BCUT2D eigenvalue weighted by atomic mass is 10.0. The molecule has 0 unspecified atom stereocenters. The van der Waals surface area contributed by atoms with Gasteiger partial charge in [0.15, 0.2) is 0 Å². The number of hydrogen-bond donors (Lipinski definition) is 0. The first-order valence-corrected chi connectivity index (χ1v) is 7.67. The van der Waals surface area contributed by atoms with Crippen LogP contribution in [0, 0.1) is 0 Å². The Morgan fingerprint density at radius 2 is 1.92 bits per heavy atom. The van der Waals surface area contributed by atoms with Gasteiger partial charge in [0.1, 0.15) is 11.8 Å². The molecule has 2 aromatic carbocycles. The number of fused-ring (bicyclic) bond motifs is 3. The van der Waals surface area contributed by atoms with Crippen molar-refractivity contribution in [2.75, 3.05) is 7.11 Å². The molecule has 0 N–H and O–H groups in total. The van der Waals surface area contributed by atoms with Gasteiger partial charge in [-0.2, -0.15) is 0 Å². The summed E-state index contributed by atoms with van der Waals surface area (Å²) in [6.07, 6.45) is 2.86. The number of pyridine rings is 1. The van der Waals surface area contributed by atoms with Gasteiger partial charge in [-0.05, 0) is 29.0 Å². The molecule has 5 heteroatoms. The molecule has 0 aliphatic carbocycles. The van der Waals surface area contributed by atoms with E-state index in [1.807, 2.05) is 30.3 Å². The van der Waals surface area contributed by atoms with Crippen LogP contribution in [-0.4, -0.2) is 18.1 Å². The van der Waals surface area contributed by atoms with Gasteiger partial charge in [-0.3, -0.25) is 9.78 Å². The fraction of sp³-hybridized carbons (Fsp3) is 0.0500. The van der Waals surface area contributed by atoms with Gasteiger partial charge in [-0.1, -0.05) is 30.3 Å². The molecule has 25 heavy (non-hydrogen) atoms. The second-order valence-electron chi connectivity index (χ2n) is 5.53. The van der Waals surface area contributed by atoms with E-state index in [0.29, 0.717) is 11.0 Å². The van der Waals surface area contributed by atoms with E-state index < -0.39 is 5.97 Å². The molecule has 2 heterocycles. The number of ether oxygens (including phenoxy) is 1. The van der Waals surface area contributed by atoms with Crippen LogP contribution in [0.4, 0.5) is 0 Å². The largest absolute Gasteiger partial charge is 0.465 e. The standard InChI is InChI=1S/C20H13NO4/c1-24-20(23)14-7-4-10-21-18(14)15-11-25-16-9-8-12-5-2-3-6-13(12)17(16)19(15)22/h2-11H,1H3. The Kier molecular flexibility index (Phi) is 3.54. The Balaban J connectivity index is 2.09. The number of nitrogens with zero attached hydrogens (tertiary/aromatic N) is 1. The average molecular weight is 331 g/mol. The molecule has 4 rings (SSSR count). The zero-order chi connectivity index (χ0) is 17.4. The highest BCUT2D eigenvalue weighted by Crippen LogP contribution is 2.26. The van der Waals surface area contributed by atoms with Crippen LogP contribution in [0.5, 0.6) is 0 Å². The molecule has 0 aliphatic heterocycles. The average Bonchev–Trinajstić information content (AvgIpc) is 2.67. The van der Waals surface area contributed by atoms with Gasteiger partial charge in [0.2, 0.25) is 5.43 Å². The summed E-state index contributed by atoms with van der Waals surface area (Å²) in [5, 5.41) is 2.21. The molecule has 5 nitrogen and oxygen atoms in total. The molecule has 2 aromatic heterocycles. The number of aromatic nitrogens is 1. The maximum Gasteiger partial charge on any atom is 0.340 e. The van der Waals surface area contributed by atoms with Crippen molar-refractivity contribution in [2.24, 2.45) is 0 Å². The van der Waals surface area contributed by atoms with Crippen molar-refractivity contribution in [3.8, 4) is 11.3 Å². The minimum atomic E-state index is -0.555. The van der Waals surface area contributed by atoms with Crippen molar-refractivity contribution in [2.45, 2.75) is 0 Å². The Bertz CT molecular complexity index is 1180. The third-order valence-corrected chi connectivity index (χ3v) is 4.13. The number of esters is 1. The molecule has 4 aromatic rings. The molecule has 0 amide bonds. The van der Waals surface area contributed by atoms with Crippen LogP contribution in [0.2, 0.25) is 0 Å². The van der Waals surface area contributed by atoms with Crippen molar-refractivity contribution in [1.82, 2.24) is 4.98 Å². The molecule has 0 fully saturated rings. The maximum atomic E-state index is 13.2. The normalized spacial score (nSPS) is 10.9. The number of carbonyl (C=O) groups excluding carboxylic acids is 1. The Labute approximate surface area is 142 Å². The number of methoxy groups -OCH3 is 1. The summed E-state index contributed by atoms with van der Waals surface area (Å²) in [6.45, 7) is 0. The van der Waals surface area contributed by atoms with E-state index in [4.69, 9.17) is 9.15 Å². The lowest BCUT2D eigenvalue weighted by Crippen LogP contribution is -2.11. The number of carbonyl (C=O) groups is 1. The van der Waals surface area contributed by atoms with Crippen molar-refractivity contribution in [3.05, 3.63) is 76.8 Å². The Morgan fingerprint density at radius 1 is 1.08 bits per heavy atom. The summed E-state index contributed by atoms with van der Waals surface area (Å²) in [7, 11) is 1.29. The zero-order valence-corrected chi connectivity index (χ0v) is 13.4. The van der Waals surface area contributed by atoms with E-state index in [2.05, 4.69) is 4.98 Å². The van der Waals surface area contributed by atoms with E-state index in [0.717, 1.165) is 10.8 Å². The predicted molar refractivity (Wildman–Crippen MR) is 94.6 cm³/mol. The van der Waals surface area contributed by atoms with Crippen LogP contribution in [0.3, 0.4) is 0 Å². The van der Waals surface area contributed by atoms with E-state index in [9.17, 15) is 9.59 Å². The molecule has 0 radical (unpaired) electrons. The highest BCUT2D eigenvalue weighted by atomic mass is 16.5. The highest BCUT2D eigenvalue weighted by molar-refractivity contribution is 6.06. The topological polar surface area (TPSA) is 69.4 Å². The molecule has 0 aliphatic rings. The monoisotopic (exact) mass is 331 g/mol. The first-order chi connectivity index (χ1) is 12.2. The number of hydrogen-bond acceptors (Lipinski definition) is 5. The molecular weight excluding hydrogens is 318 g/mol. The minimum Gasteiger partial charge on any atom is -0.465 e. The third-order valence-electron chi connectivity index (χ3n) is 4.13. The van der Waals surface area contributed by atoms with Crippen LogP contribution in [0.1, 0.15) is 10.4 Å². The van der Waals surface area contributed by atoms with Gasteiger partial charge >= 0.3 is 5.97 Å². The first kappa shape index (κ1) is 15.1. The van der Waals surface area contributed by atoms with Crippen LogP contribution in [0.25, 0.3) is 33.0 Å². The van der Waals surface area contributed by atoms with Crippen molar-refractivity contribution in [1.29, 1.82) is 0 Å². The maximum absolute atomic E-state index is 13.2. The molecule has 122 valence electrons. The van der Waals surface area contributed by atoms with E-state index in [-0.39, 0.29) is 22.2 Å². The fourth-order valence-electron chi connectivity index (χ4n) is 2.95. The molecule has 0 bridgehead atoms. The summed E-state index contributed by atoms with van der Waals surface area (Å²) in [6, 6.07) is 14.4. The summed E-state index contributed by atoms with van der Waals surface area (Å²) in [4.78, 5) is 29.4. The molecular formula is C20H13NO4. The predicted octanol–water partition coefficient (Wildman–Crippen LogP) is 3.79. The molecule has 0 atom stereocenters. The minimum absolute atomic E-state index is 0.219.